The van der Waals surface area contributed by atoms with Crippen LogP contribution >= 0.6 is 0 Å². The molecule has 0 spiro atoms. The van der Waals surface area contributed by atoms with Gasteiger partial charge in [-0.3, -0.25) is 14.5 Å². The van der Waals surface area contributed by atoms with Crippen LogP contribution in [0.5, 0.6) is 0 Å². The molecule has 2 aromatic rings. The molecular formula is C17H21N5O. The molecule has 2 aromatic heterocycles. The van der Waals surface area contributed by atoms with Crippen molar-refractivity contribution in [1.29, 1.82) is 0 Å². The zero-order chi connectivity index (χ0) is 15.8. The molecule has 0 radical (unpaired) electrons. The van der Waals surface area contributed by atoms with Crippen molar-refractivity contribution in [1.82, 2.24) is 14.8 Å². The Labute approximate surface area is 135 Å². The van der Waals surface area contributed by atoms with E-state index < -0.39 is 0 Å². The summed E-state index contributed by atoms with van der Waals surface area (Å²) >= 11 is 0. The van der Waals surface area contributed by atoms with Crippen LogP contribution < -0.4 is 11.1 Å². The number of rotatable bonds is 4. The lowest BCUT2D eigenvalue weighted by Crippen LogP contribution is -2.42. The van der Waals surface area contributed by atoms with Gasteiger partial charge in [-0.2, -0.15) is 5.10 Å². The molecule has 2 saturated carbocycles. The number of carbonyl (C=O) groups excluding carboxylic acids is 1. The summed E-state index contributed by atoms with van der Waals surface area (Å²) in [5.41, 5.74) is 8.10. The average Bonchev–Trinajstić information content (AvgIpc) is 3.25. The van der Waals surface area contributed by atoms with E-state index in [1.54, 1.807) is 18.6 Å². The zero-order valence-corrected chi connectivity index (χ0v) is 12.9. The SMILES string of the molecule is NC1C2CCC(C2)C1C(=O)Nc1cnn(Cc2ccncc2)c1. The predicted octanol–water partition coefficient (Wildman–Crippen LogP) is 1.64. The molecule has 2 aliphatic rings. The molecule has 1 amide bonds. The van der Waals surface area contributed by atoms with Crippen LogP contribution in [-0.4, -0.2) is 26.7 Å². The van der Waals surface area contributed by atoms with Crippen molar-refractivity contribution in [3.05, 3.63) is 42.5 Å². The first kappa shape index (κ1) is 14.4. The van der Waals surface area contributed by atoms with Gasteiger partial charge in [0.2, 0.25) is 5.91 Å². The quantitative estimate of drug-likeness (QED) is 0.899. The fourth-order valence-corrected chi connectivity index (χ4v) is 4.14. The Kier molecular flexibility index (Phi) is 3.61. The molecule has 0 aliphatic heterocycles. The number of aromatic nitrogens is 3. The summed E-state index contributed by atoms with van der Waals surface area (Å²) < 4.78 is 1.81. The number of pyridine rings is 1. The van der Waals surface area contributed by atoms with Crippen LogP contribution in [0.4, 0.5) is 5.69 Å². The number of fused-ring (bicyclic) bond motifs is 2. The van der Waals surface area contributed by atoms with Crippen molar-refractivity contribution in [2.75, 3.05) is 5.32 Å². The minimum Gasteiger partial charge on any atom is -0.327 e. The number of hydrogen-bond donors (Lipinski definition) is 2. The first-order chi connectivity index (χ1) is 11.2. The van der Waals surface area contributed by atoms with E-state index in [4.69, 9.17) is 5.73 Å². The molecule has 4 unspecified atom stereocenters. The maximum absolute atomic E-state index is 12.5. The number of nitrogens with zero attached hydrogens (tertiary/aromatic N) is 3. The Morgan fingerprint density at radius 2 is 2.09 bits per heavy atom. The molecule has 23 heavy (non-hydrogen) atoms. The number of nitrogens with one attached hydrogen (secondary N) is 1. The van der Waals surface area contributed by atoms with E-state index in [-0.39, 0.29) is 17.9 Å². The van der Waals surface area contributed by atoms with Gasteiger partial charge in [-0.15, -0.1) is 0 Å². The van der Waals surface area contributed by atoms with Gasteiger partial charge in [-0.25, -0.2) is 0 Å². The number of hydrogen-bond acceptors (Lipinski definition) is 4. The normalized spacial score (nSPS) is 28.9. The van der Waals surface area contributed by atoms with Crippen LogP contribution in [0.1, 0.15) is 24.8 Å². The Bertz CT molecular complexity index is 696. The molecule has 4 rings (SSSR count). The summed E-state index contributed by atoms with van der Waals surface area (Å²) in [6.07, 6.45) is 10.5. The lowest BCUT2D eigenvalue weighted by Gasteiger charge is -2.26. The van der Waals surface area contributed by atoms with Crippen LogP contribution in [0.25, 0.3) is 0 Å². The van der Waals surface area contributed by atoms with E-state index >= 15 is 0 Å². The van der Waals surface area contributed by atoms with Gasteiger partial charge < -0.3 is 11.1 Å². The highest BCUT2D eigenvalue weighted by Crippen LogP contribution is 2.47. The smallest absolute Gasteiger partial charge is 0.229 e. The first-order valence-electron chi connectivity index (χ1n) is 8.18. The Morgan fingerprint density at radius 3 is 2.83 bits per heavy atom. The van der Waals surface area contributed by atoms with E-state index in [2.05, 4.69) is 15.4 Å². The topological polar surface area (TPSA) is 85.8 Å². The molecule has 2 bridgehead atoms. The molecule has 6 heteroatoms. The van der Waals surface area contributed by atoms with Gasteiger partial charge in [-0.05, 0) is 48.8 Å². The molecule has 6 nitrogen and oxygen atoms in total. The van der Waals surface area contributed by atoms with Crippen LogP contribution in [0, 0.1) is 17.8 Å². The van der Waals surface area contributed by atoms with Crippen LogP contribution in [0.15, 0.2) is 36.9 Å². The summed E-state index contributed by atoms with van der Waals surface area (Å²) in [6, 6.07) is 3.92. The summed E-state index contributed by atoms with van der Waals surface area (Å²) in [5.74, 6) is 0.998. The van der Waals surface area contributed by atoms with E-state index in [0.717, 1.165) is 24.1 Å². The summed E-state index contributed by atoms with van der Waals surface area (Å²) in [4.78, 5) is 16.5. The maximum Gasteiger partial charge on any atom is 0.229 e. The largest absolute Gasteiger partial charge is 0.327 e. The van der Waals surface area contributed by atoms with Gasteiger partial charge in [0.25, 0.3) is 0 Å². The average molecular weight is 311 g/mol. The van der Waals surface area contributed by atoms with Gasteiger partial charge in [-0.1, -0.05) is 0 Å². The number of amides is 1. The fraction of sp³-hybridized carbons (Fsp3) is 0.471. The minimum absolute atomic E-state index is 0.0145. The molecule has 2 fully saturated rings. The molecule has 2 heterocycles. The molecule has 120 valence electrons. The second-order valence-corrected chi connectivity index (χ2v) is 6.71. The summed E-state index contributed by atoms with van der Waals surface area (Å²) in [6.45, 7) is 0.659. The van der Waals surface area contributed by atoms with Crippen molar-refractivity contribution in [3.63, 3.8) is 0 Å². The van der Waals surface area contributed by atoms with Crippen LogP contribution in [0.3, 0.4) is 0 Å². The van der Waals surface area contributed by atoms with Crippen LogP contribution in [0.2, 0.25) is 0 Å². The van der Waals surface area contributed by atoms with Gasteiger partial charge in [0.05, 0.1) is 24.3 Å². The van der Waals surface area contributed by atoms with Gasteiger partial charge in [0, 0.05) is 24.6 Å². The number of anilines is 1. The number of nitrogens with two attached hydrogens (primary N) is 1. The fourth-order valence-electron chi connectivity index (χ4n) is 4.14. The second kappa shape index (κ2) is 5.77. The maximum atomic E-state index is 12.5. The molecule has 0 saturated heterocycles. The molecule has 3 N–H and O–H groups in total. The lowest BCUT2D eigenvalue weighted by molar-refractivity contribution is -0.121. The highest BCUT2D eigenvalue weighted by atomic mass is 16.2. The van der Waals surface area contributed by atoms with Crippen molar-refractivity contribution in [2.45, 2.75) is 31.8 Å². The van der Waals surface area contributed by atoms with Gasteiger partial charge in [0.1, 0.15) is 0 Å². The summed E-state index contributed by atoms with van der Waals surface area (Å²) in [7, 11) is 0. The highest BCUT2D eigenvalue weighted by Gasteiger charge is 2.49. The minimum atomic E-state index is -0.0442. The zero-order valence-electron chi connectivity index (χ0n) is 12.9. The first-order valence-corrected chi connectivity index (χ1v) is 8.18. The summed E-state index contributed by atoms with van der Waals surface area (Å²) in [5, 5.41) is 7.30. The van der Waals surface area contributed by atoms with E-state index in [1.807, 2.05) is 23.0 Å². The Balaban J connectivity index is 1.41. The van der Waals surface area contributed by atoms with Gasteiger partial charge in [0.15, 0.2) is 0 Å². The van der Waals surface area contributed by atoms with E-state index in [0.29, 0.717) is 18.4 Å². The molecule has 2 aliphatic carbocycles. The van der Waals surface area contributed by atoms with E-state index in [9.17, 15) is 4.79 Å². The van der Waals surface area contributed by atoms with Crippen molar-refractivity contribution in [2.24, 2.45) is 23.5 Å². The monoisotopic (exact) mass is 311 g/mol. The third kappa shape index (κ3) is 2.74. The number of carbonyl (C=O) groups is 1. The van der Waals surface area contributed by atoms with Crippen molar-refractivity contribution >= 4 is 11.6 Å². The third-order valence-electron chi connectivity index (χ3n) is 5.28. The standard InChI is InChI=1S/C17H21N5O/c18-16-13-2-1-12(7-13)15(16)17(23)21-14-8-20-22(10-14)9-11-3-5-19-6-4-11/h3-6,8,10,12-13,15-16H,1-2,7,9,18H2,(H,21,23). The Morgan fingerprint density at radius 1 is 1.30 bits per heavy atom. The predicted molar refractivity (Wildman–Crippen MR) is 86.5 cm³/mol. The Hall–Kier alpha value is -2.21. The van der Waals surface area contributed by atoms with Crippen molar-refractivity contribution in [3.8, 4) is 0 Å². The molecule has 0 aromatic carbocycles. The van der Waals surface area contributed by atoms with Crippen molar-refractivity contribution < 1.29 is 4.79 Å². The van der Waals surface area contributed by atoms with E-state index in [1.165, 1.54) is 6.42 Å². The molecule has 4 atom stereocenters. The second-order valence-electron chi connectivity index (χ2n) is 6.71. The third-order valence-corrected chi connectivity index (χ3v) is 5.28. The lowest BCUT2D eigenvalue weighted by atomic mass is 9.84. The highest BCUT2D eigenvalue weighted by molar-refractivity contribution is 5.93. The van der Waals surface area contributed by atoms with Crippen LogP contribution in [-0.2, 0) is 11.3 Å². The van der Waals surface area contributed by atoms with Gasteiger partial charge >= 0.3 is 0 Å². The molecular weight excluding hydrogens is 290 g/mol.